The second-order valence-electron chi connectivity index (χ2n) is 31.3. The third-order valence-corrected chi connectivity index (χ3v) is 21.3. The molecule has 0 aromatic rings. The molecule has 2 unspecified atom stereocenters. The quantitative estimate of drug-likeness (QED) is 0.0222. The summed E-state index contributed by atoms with van der Waals surface area (Å²) >= 11 is 0. The molecule has 0 saturated carbocycles. The van der Waals surface area contributed by atoms with Crippen molar-refractivity contribution in [2.24, 2.45) is 17.8 Å². The molecule has 3 N–H and O–H groups in total. The summed E-state index contributed by atoms with van der Waals surface area (Å²) in [6.45, 7) is 12.0. The summed E-state index contributed by atoms with van der Waals surface area (Å²) < 4.78 is 68.8. The summed E-state index contributed by atoms with van der Waals surface area (Å²) in [4.78, 5) is 73.1. The van der Waals surface area contributed by atoms with E-state index in [1.807, 2.05) is 0 Å². The van der Waals surface area contributed by atoms with Crippen molar-refractivity contribution in [1.82, 2.24) is 0 Å². The zero-order valence-corrected chi connectivity index (χ0v) is 68.9. The maximum Gasteiger partial charge on any atom is 0.472 e. The summed E-state index contributed by atoms with van der Waals surface area (Å²) in [5.41, 5.74) is 0. The van der Waals surface area contributed by atoms with Gasteiger partial charge in [0.15, 0.2) is 12.2 Å². The van der Waals surface area contributed by atoms with E-state index in [2.05, 4.69) is 48.5 Å². The lowest BCUT2D eigenvalue weighted by Crippen LogP contribution is -2.30. The first-order valence-electron chi connectivity index (χ1n) is 42.8. The van der Waals surface area contributed by atoms with Gasteiger partial charge in [0.05, 0.1) is 26.4 Å². The monoisotopic (exact) mass is 1490 g/mol. The number of carbonyl (C=O) groups excluding carboxylic acids is 4. The fourth-order valence-corrected chi connectivity index (χ4v) is 14.4. The lowest BCUT2D eigenvalue weighted by molar-refractivity contribution is -0.161. The maximum atomic E-state index is 13.1. The number of ether oxygens (including phenoxy) is 4. The van der Waals surface area contributed by atoms with E-state index < -0.39 is 97.5 Å². The predicted molar refractivity (Wildman–Crippen MR) is 418 cm³/mol. The number of aliphatic hydroxyl groups excluding tert-OH is 1. The van der Waals surface area contributed by atoms with Crippen LogP contribution in [0.3, 0.4) is 0 Å². The largest absolute Gasteiger partial charge is 0.472 e. The molecular formula is C83H162O17P2. The van der Waals surface area contributed by atoms with Crippen LogP contribution in [-0.4, -0.2) is 96.7 Å². The summed E-state index contributed by atoms with van der Waals surface area (Å²) in [6.07, 6.45) is 62.3. The first-order chi connectivity index (χ1) is 49.2. The topological polar surface area (TPSA) is 237 Å². The van der Waals surface area contributed by atoms with Crippen LogP contribution in [0, 0.1) is 17.8 Å². The van der Waals surface area contributed by atoms with Crippen molar-refractivity contribution in [3.05, 3.63) is 0 Å². The van der Waals surface area contributed by atoms with Crippen molar-refractivity contribution in [3.63, 3.8) is 0 Å². The van der Waals surface area contributed by atoms with Gasteiger partial charge in [0.2, 0.25) is 0 Å². The maximum absolute atomic E-state index is 13.1. The van der Waals surface area contributed by atoms with Gasteiger partial charge in [-0.25, -0.2) is 9.13 Å². The number of rotatable bonds is 81. The minimum atomic E-state index is -4.96. The average Bonchev–Trinajstić information content (AvgIpc) is 0.910. The van der Waals surface area contributed by atoms with Gasteiger partial charge in [0.1, 0.15) is 19.3 Å². The highest BCUT2D eigenvalue weighted by Gasteiger charge is 2.30. The zero-order chi connectivity index (χ0) is 75.1. The van der Waals surface area contributed by atoms with Gasteiger partial charge < -0.3 is 33.8 Å². The molecule has 17 nitrogen and oxygen atoms in total. The molecule has 0 aliphatic heterocycles. The highest BCUT2D eigenvalue weighted by atomic mass is 31.2. The number of carbonyl (C=O) groups is 4. The molecule has 5 atom stereocenters. The van der Waals surface area contributed by atoms with Crippen LogP contribution >= 0.6 is 15.6 Å². The van der Waals surface area contributed by atoms with Gasteiger partial charge in [-0.15, -0.1) is 0 Å². The van der Waals surface area contributed by atoms with Gasteiger partial charge in [-0.2, -0.15) is 0 Å². The van der Waals surface area contributed by atoms with Crippen LogP contribution in [0.2, 0.25) is 0 Å². The Bertz CT molecular complexity index is 1970. The average molecular weight is 1490 g/mol. The standard InChI is InChI=1S/C83H162O17P2/c1-8-9-10-11-12-13-36-43-50-57-64-80(85)93-70-78(99-83(88)67-60-53-46-39-32-26-20-23-29-35-42-49-56-63-76(6)7)72-97-101(89,90)95-68-77(84)69-96-102(91,92)98-73-79(71-94-81(86)65-58-51-44-37-30-24-19-18-22-28-34-41-48-55-62-75(4)5)100-82(87)66-59-52-45-38-31-25-17-15-14-16-21-27-33-40-47-54-61-74(2)3/h74-79,84H,8-73H2,1-7H3,(H,89,90)(H,91,92)/t77-,78+,79+/m0/s1. The van der Waals surface area contributed by atoms with Crippen LogP contribution in [0.5, 0.6) is 0 Å². The molecule has 0 spiro atoms. The second-order valence-corrected chi connectivity index (χ2v) is 34.2. The number of unbranched alkanes of at least 4 members (excludes halogenated alkanes) is 49. The minimum Gasteiger partial charge on any atom is -0.462 e. The number of phosphoric acid groups is 2. The number of hydrogen-bond acceptors (Lipinski definition) is 15. The Labute approximate surface area is 626 Å². The fraction of sp³-hybridized carbons (Fsp3) is 0.952. The fourth-order valence-electron chi connectivity index (χ4n) is 12.8. The molecular weight excluding hydrogens is 1330 g/mol. The summed E-state index contributed by atoms with van der Waals surface area (Å²) in [7, 11) is -9.92. The van der Waals surface area contributed by atoms with Gasteiger partial charge in [-0.3, -0.25) is 37.3 Å². The molecule has 0 amide bonds. The number of hydrogen-bond donors (Lipinski definition) is 3. The number of aliphatic hydroxyl groups is 1. The highest BCUT2D eigenvalue weighted by molar-refractivity contribution is 7.47. The SMILES string of the molecule is CCCCCCCCCCCCC(=O)OC[C@H](COP(=O)(O)OC[C@H](O)COP(=O)(O)OC[C@@H](COC(=O)CCCCCCCCCCCCCCCCC(C)C)OC(=O)CCCCCCCCCCCCCCCCCCC(C)C)OC(=O)CCCCCCCCCCCCCCCC(C)C. The smallest absolute Gasteiger partial charge is 0.462 e. The van der Waals surface area contributed by atoms with Gasteiger partial charge in [-0.05, 0) is 43.4 Å². The molecule has 0 bridgehead atoms. The van der Waals surface area contributed by atoms with E-state index in [9.17, 15) is 43.2 Å². The molecule has 0 aliphatic carbocycles. The molecule has 0 heterocycles. The van der Waals surface area contributed by atoms with E-state index in [0.717, 1.165) is 108 Å². The van der Waals surface area contributed by atoms with E-state index in [1.54, 1.807) is 0 Å². The zero-order valence-electron chi connectivity index (χ0n) is 67.1. The van der Waals surface area contributed by atoms with Crippen molar-refractivity contribution in [3.8, 4) is 0 Å². The van der Waals surface area contributed by atoms with E-state index >= 15 is 0 Å². The van der Waals surface area contributed by atoms with Crippen LogP contribution < -0.4 is 0 Å². The Morgan fingerprint density at radius 2 is 0.451 bits per heavy atom. The summed E-state index contributed by atoms with van der Waals surface area (Å²) in [6, 6.07) is 0. The molecule has 0 aromatic heterocycles. The number of esters is 4. The predicted octanol–water partition coefficient (Wildman–Crippen LogP) is 24.9. The Hall–Kier alpha value is -1.94. The van der Waals surface area contributed by atoms with Gasteiger partial charge >= 0.3 is 39.5 Å². The molecule has 0 rings (SSSR count). The molecule has 102 heavy (non-hydrogen) atoms. The van der Waals surface area contributed by atoms with Crippen molar-refractivity contribution in [2.45, 2.75) is 452 Å². The van der Waals surface area contributed by atoms with Crippen molar-refractivity contribution >= 4 is 39.5 Å². The molecule has 0 saturated heterocycles. The molecule has 0 fully saturated rings. The summed E-state index contributed by atoms with van der Waals surface area (Å²) in [5, 5.41) is 10.7. The lowest BCUT2D eigenvalue weighted by atomic mass is 10.0. The third-order valence-electron chi connectivity index (χ3n) is 19.4. The van der Waals surface area contributed by atoms with Crippen LogP contribution in [-0.2, 0) is 65.4 Å². The van der Waals surface area contributed by atoms with E-state index in [-0.39, 0.29) is 25.7 Å². The van der Waals surface area contributed by atoms with Gasteiger partial charge in [-0.1, -0.05) is 382 Å². The second kappa shape index (κ2) is 73.2. The summed E-state index contributed by atoms with van der Waals surface area (Å²) in [5.74, 6) is 0.288. The van der Waals surface area contributed by atoms with Crippen molar-refractivity contribution in [2.75, 3.05) is 39.6 Å². The van der Waals surface area contributed by atoms with Crippen LogP contribution in [0.25, 0.3) is 0 Å². The molecule has 0 radical (unpaired) electrons. The minimum absolute atomic E-state index is 0.107. The van der Waals surface area contributed by atoms with E-state index in [4.69, 9.17) is 37.0 Å². The first kappa shape index (κ1) is 100. The van der Waals surface area contributed by atoms with E-state index in [0.29, 0.717) is 25.7 Å². The van der Waals surface area contributed by atoms with Crippen LogP contribution in [0.1, 0.15) is 434 Å². The highest BCUT2D eigenvalue weighted by Crippen LogP contribution is 2.45. The van der Waals surface area contributed by atoms with E-state index in [1.165, 1.54) is 244 Å². The van der Waals surface area contributed by atoms with Gasteiger partial charge in [0.25, 0.3) is 0 Å². The van der Waals surface area contributed by atoms with Crippen molar-refractivity contribution < 1.29 is 80.2 Å². The van der Waals surface area contributed by atoms with Gasteiger partial charge in [0, 0.05) is 25.7 Å². The van der Waals surface area contributed by atoms with Crippen molar-refractivity contribution in [1.29, 1.82) is 0 Å². The van der Waals surface area contributed by atoms with Crippen LogP contribution in [0.15, 0.2) is 0 Å². The Morgan fingerprint density at radius 3 is 0.667 bits per heavy atom. The normalized spacial score (nSPS) is 13.9. The molecule has 0 aliphatic rings. The Balaban J connectivity index is 5.24. The lowest BCUT2D eigenvalue weighted by Gasteiger charge is -2.21. The molecule has 606 valence electrons. The Morgan fingerprint density at radius 1 is 0.265 bits per heavy atom. The third kappa shape index (κ3) is 76.3. The first-order valence-corrected chi connectivity index (χ1v) is 45.8. The molecule has 0 aromatic carbocycles. The van der Waals surface area contributed by atoms with Crippen LogP contribution in [0.4, 0.5) is 0 Å². The Kier molecular flexibility index (Phi) is 71.8. The number of phosphoric ester groups is 2. The molecule has 19 heteroatoms.